The molecule has 1 aromatic carbocycles. The van der Waals surface area contributed by atoms with Crippen molar-refractivity contribution in [1.82, 2.24) is 14.1 Å². The molecule has 1 aromatic rings. The molecule has 2 aliphatic rings. The summed E-state index contributed by atoms with van der Waals surface area (Å²) >= 11 is 0. The van der Waals surface area contributed by atoms with E-state index < -0.39 is 26.6 Å². The van der Waals surface area contributed by atoms with Crippen LogP contribution in [0.15, 0.2) is 23.1 Å². The van der Waals surface area contributed by atoms with Gasteiger partial charge in [-0.05, 0) is 26.0 Å². The second-order valence-corrected chi connectivity index (χ2v) is 9.22. The third-order valence-electron chi connectivity index (χ3n) is 4.97. The number of nitrogens with zero attached hydrogens (tertiary/aromatic N) is 3. The number of morpholine rings is 1. The monoisotopic (exact) mass is 417 g/mol. The maximum absolute atomic E-state index is 13.9. The van der Waals surface area contributed by atoms with E-state index in [0.717, 1.165) is 12.1 Å². The summed E-state index contributed by atoms with van der Waals surface area (Å²) in [5.74, 6) is -1.94. The Morgan fingerprint density at radius 1 is 1.11 bits per heavy atom. The van der Waals surface area contributed by atoms with E-state index in [1.807, 2.05) is 18.7 Å². The zero-order valence-corrected chi connectivity index (χ0v) is 16.8. The van der Waals surface area contributed by atoms with Gasteiger partial charge in [0.1, 0.15) is 16.5 Å². The molecule has 0 radical (unpaired) electrons. The van der Waals surface area contributed by atoms with Crippen LogP contribution in [0.25, 0.3) is 0 Å². The minimum absolute atomic E-state index is 0.0112. The van der Waals surface area contributed by atoms with E-state index in [1.54, 1.807) is 4.90 Å². The van der Waals surface area contributed by atoms with Crippen LogP contribution in [0.5, 0.6) is 0 Å². The van der Waals surface area contributed by atoms with Crippen molar-refractivity contribution in [2.45, 2.75) is 31.0 Å². The number of hydrogen-bond donors (Lipinski definition) is 0. The molecule has 0 N–H and O–H groups in total. The Bertz CT molecular complexity index is 818. The minimum atomic E-state index is -4.04. The van der Waals surface area contributed by atoms with Crippen molar-refractivity contribution in [3.8, 4) is 0 Å². The zero-order valence-electron chi connectivity index (χ0n) is 16.0. The van der Waals surface area contributed by atoms with Gasteiger partial charge in [-0.15, -0.1) is 0 Å². The van der Waals surface area contributed by atoms with Crippen LogP contribution < -0.4 is 0 Å². The lowest BCUT2D eigenvalue weighted by molar-refractivity contribution is -0.144. The summed E-state index contributed by atoms with van der Waals surface area (Å²) in [6.07, 6.45) is -0.0272. The third-order valence-corrected chi connectivity index (χ3v) is 6.91. The molecule has 7 nitrogen and oxygen atoms in total. The Hall–Kier alpha value is -1.62. The highest BCUT2D eigenvalue weighted by Crippen LogP contribution is 2.21. The van der Waals surface area contributed by atoms with Gasteiger partial charge in [0.05, 0.1) is 18.8 Å². The van der Waals surface area contributed by atoms with E-state index in [4.69, 9.17) is 4.74 Å². The average molecular weight is 417 g/mol. The fraction of sp³-hybridized carbons (Fsp3) is 0.611. The van der Waals surface area contributed by atoms with Gasteiger partial charge in [0, 0.05) is 45.3 Å². The van der Waals surface area contributed by atoms with E-state index in [9.17, 15) is 22.0 Å². The molecule has 28 heavy (non-hydrogen) atoms. The first-order chi connectivity index (χ1) is 13.2. The van der Waals surface area contributed by atoms with Crippen LogP contribution in [-0.2, 0) is 19.6 Å². The molecule has 3 rings (SSSR count). The molecule has 0 saturated carbocycles. The molecule has 10 heteroatoms. The maximum Gasteiger partial charge on any atom is 0.246 e. The number of sulfonamides is 1. The second-order valence-electron chi connectivity index (χ2n) is 7.31. The van der Waals surface area contributed by atoms with Gasteiger partial charge < -0.3 is 9.64 Å². The molecule has 0 aliphatic carbocycles. The van der Waals surface area contributed by atoms with Gasteiger partial charge in [0.15, 0.2) is 0 Å². The number of ether oxygens (including phenoxy) is 1. The van der Waals surface area contributed by atoms with Gasteiger partial charge in [-0.2, -0.15) is 4.31 Å². The third kappa shape index (κ3) is 4.68. The summed E-state index contributed by atoms with van der Waals surface area (Å²) in [5.41, 5.74) is 0. The van der Waals surface area contributed by atoms with Crippen molar-refractivity contribution < 1.29 is 26.7 Å². The Morgan fingerprint density at radius 2 is 1.71 bits per heavy atom. The van der Waals surface area contributed by atoms with Crippen molar-refractivity contribution in [1.29, 1.82) is 0 Å². The summed E-state index contributed by atoms with van der Waals surface area (Å²) in [6.45, 7) is 6.15. The standard InChI is InChI=1S/C18H25F2N3O4S/c1-13-10-22(11-14(2)27-13)18(24)12-21-5-7-23(8-6-21)28(25,26)17-4-3-15(19)9-16(17)20/h3-4,9,13-14H,5-8,10-12H2,1-2H3/t13-,14-/m0/s1. The Kier molecular flexibility index (Phi) is 6.33. The van der Waals surface area contributed by atoms with Gasteiger partial charge >= 0.3 is 0 Å². The first-order valence-corrected chi connectivity index (χ1v) is 10.7. The largest absolute Gasteiger partial charge is 0.372 e. The molecule has 0 spiro atoms. The van der Waals surface area contributed by atoms with Crippen molar-refractivity contribution >= 4 is 15.9 Å². The lowest BCUT2D eigenvalue weighted by Gasteiger charge is -2.38. The summed E-state index contributed by atoms with van der Waals surface area (Å²) in [7, 11) is -4.04. The fourth-order valence-electron chi connectivity index (χ4n) is 3.62. The summed E-state index contributed by atoms with van der Waals surface area (Å²) in [4.78, 5) is 15.7. The Morgan fingerprint density at radius 3 is 2.29 bits per heavy atom. The molecule has 1 amide bonds. The number of carbonyl (C=O) groups is 1. The van der Waals surface area contributed by atoms with Crippen LogP contribution in [0.4, 0.5) is 8.78 Å². The van der Waals surface area contributed by atoms with E-state index >= 15 is 0 Å². The topological polar surface area (TPSA) is 70.2 Å². The maximum atomic E-state index is 13.9. The predicted molar refractivity (Wildman–Crippen MR) is 98.1 cm³/mol. The van der Waals surface area contributed by atoms with Crippen molar-refractivity contribution in [3.63, 3.8) is 0 Å². The quantitative estimate of drug-likeness (QED) is 0.728. The van der Waals surface area contributed by atoms with Crippen LogP contribution >= 0.6 is 0 Å². The Labute approximate surface area is 163 Å². The highest BCUT2D eigenvalue weighted by atomic mass is 32.2. The number of halogens is 2. The number of rotatable bonds is 4. The summed E-state index contributed by atoms with van der Waals surface area (Å²) < 4.78 is 59.0. The molecule has 0 aromatic heterocycles. The molecule has 156 valence electrons. The summed E-state index contributed by atoms with van der Waals surface area (Å²) in [6, 6.07) is 2.43. The van der Waals surface area contributed by atoms with Gasteiger partial charge in [0.2, 0.25) is 15.9 Å². The highest BCUT2D eigenvalue weighted by Gasteiger charge is 2.32. The Balaban J connectivity index is 1.57. The fourth-order valence-corrected chi connectivity index (χ4v) is 5.09. The predicted octanol–water partition coefficient (Wildman–Crippen LogP) is 0.907. The molecule has 2 fully saturated rings. The van der Waals surface area contributed by atoms with E-state index in [2.05, 4.69) is 0 Å². The lowest BCUT2D eigenvalue weighted by Crippen LogP contribution is -2.54. The van der Waals surface area contributed by atoms with Crippen LogP contribution in [0, 0.1) is 11.6 Å². The number of amides is 1. The molecule has 2 heterocycles. The molecular weight excluding hydrogens is 392 g/mol. The molecule has 2 saturated heterocycles. The number of hydrogen-bond acceptors (Lipinski definition) is 5. The number of carbonyl (C=O) groups excluding carboxylic acids is 1. The molecule has 2 aliphatic heterocycles. The van der Waals surface area contributed by atoms with Crippen LogP contribution in [0.3, 0.4) is 0 Å². The van der Waals surface area contributed by atoms with Gasteiger partial charge in [-0.1, -0.05) is 0 Å². The van der Waals surface area contributed by atoms with Gasteiger partial charge in [-0.3, -0.25) is 9.69 Å². The first-order valence-electron chi connectivity index (χ1n) is 9.27. The lowest BCUT2D eigenvalue weighted by atomic mass is 10.2. The van der Waals surface area contributed by atoms with Gasteiger partial charge in [0.25, 0.3) is 0 Å². The van der Waals surface area contributed by atoms with Crippen LogP contribution in [0.1, 0.15) is 13.8 Å². The summed E-state index contributed by atoms with van der Waals surface area (Å²) in [5, 5.41) is 0. The van der Waals surface area contributed by atoms with E-state index in [-0.39, 0.29) is 37.7 Å². The smallest absolute Gasteiger partial charge is 0.246 e. The normalized spacial score (nSPS) is 25.1. The van der Waals surface area contributed by atoms with Crippen molar-refractivity contribution in [2.24, 2.45) is 0 Å². The van der Waals surface area contributed by atoms with Crippen LogP contribution in [0.2, 0.25) is 0 Å². The average Bonchev–Trinajstić information content (AvgIpc) is 2.61. The van der Waals surface area contributed by atoms with E-state index in [1.165, 1.54) is 4.31 Å². The number of benzene rings is 1. The van der Waals surface area contributed by atoms with E-state index in [0.29, 0.717) is 32.2 Å². The molecule has 2 atom stereocenters. The highest BCUT2D eigenvalue weighted by molar-refractivity contribution is 7.89. The first kappa shape index (κ1) is 21.1. The minimum Gasteiger partial charge on any atom is -0.372 e. The second kappa shape index (κ2) is 8.40. The van der Waals surface area contributed by atoms with Crippen molar-refractivity contribution in [3.05, 3.63) is 29.8 Å². The SMILES string of the molecule is C[C@H]1CN(C(=O)CN2CCN(S(=O)(=O)c3ccc(F)cc3F)CC2)C[C@H](C)O1. The zero-order chi connectivity index (χ0) is 20.5. The molecule has 0 bridgehead atoms. The van der Waals surface area contributed by atoms with Gasteiger partial charge in [-0.25, -0.2) is 17.2 Å². The van der Waals surface area contributed by atoms with Crippen molar-refractivity contribution in [2.75, 3.05) is 45.8 Å². The number of piperazine rings is 1. The molecule has 0 unspecified atom stereocenters. The molecular formula is C18H25F2N3O4S. The van der Waals surface area contributed by atoms with Crippen LogP contribution in [-0.4, -0.2) is 86.5 Å².